The van der Waals surface area contributed by atoms with E-state index in [-0.39, 0.29) is 0 Å². The van der Waals surface area contributed by atoms with E-state index < -0.39 is 0 Å². The Morgan fingerprint density at radius 2 is 2.18 bits per heavy atom. The van der Waals surface area contributed by atoms with Crippen LogP contribution in [0.2, 0.25) is 0 Å². The van der Waals surface area contributed by atoms with Crippen molar-refractivity contribution in [2.24, 2.45) is 7.05 Å². The maximum atomic E-state index is 5.89. The van der Waals surface area contributed by atoms with Gasteiger partial charge in [0.05, 0.1) is 11.8 Å². The van der Waals surface area contributed by atoms with Gasteiger partial charge in [-0.1, -0.05) is 6.07 Å². The maximum Gasteiger partial charge on any atom is 0.232 e. The van der Waals surface area contributed by atoms with Crippen LogP contribution >= 0.6 is 0 Å². The lowest BCUT2D eigenvalue weighted by Crippen LogP contribution is -1.97. The zero-order valence-corrected chi connectivity index (χ0v) is 9.64. The van der Waals surface area contributed by atoms with Crippen LogP contribution in [0, 0.1) is 6.92 Å². The molecule has 5 heteroatoms. The Bertz CT molecular complexity index is 696. The number of benzene rings is 1. The third kappa shape index (κ3) is 1.47. The van der Waals surface area contributed by atoms with Gasteiger partial charge in [-0.25, -0.2) is 4.98 Å². The van der Waals surface area contributed by atoms with Gasteiger partial charge in [0.25, 0.3) is 0 Å². The predicted octanol–water partition coefficient (Wildman–Crippen LogP) is 2.12. The lowest BCUT2D eigenvalue weighted by Gasteiger charge is -1.94. The largest absolute Gasteiger partial charge is 0.436 e. The van der Waals surface area contributed by atoms with Crippen LogP contribution in [0.15, 0.2) is 28.8 Å². The Morgan fingerprint density at radius 1 is 1.35 bits per heavy atom. The molecule has 17 heavy (non-hydrogen) atoms. The number of fused-ring (bicyclic) bond motifs is 1. The smallest absolute Gasteiger partial charge is 0.232 e. The van der Waals surface area contributed by atoms with Gasteiger partial charge >= 0.3 is 0 Å². The summed E-state index contributed by atoms with van der Waals surface area (Å²) >= 11 is 0. The number of anilines is 1. The molecule has 2 N–H and O–H groups in total. The standard InChI is InChI=1S/C12H12N4O/c1-7-3-4-9-10(5-7)17-12(15-9)8-6-14-16(2)11(8)13/h3-6H,13H2,1-2H3. The van der Waals surface area contributed by atoms with Crippen molar-refractivity contribution < 1.29 is 4.42 Å². The average Bonchev–Trinajstić information content (AvgIpc) is 2.83. The number of hydrogen-bond donors (Lipinski definition) is 1. The minimum atomic E-state index is 0.510. The van der Waals surface area contributed by atoms with E-state index in [1.165, 1.54) is 0 Å². The third-order valence-corrected chi connectivity index (χ3v) is 2.76. The second-order valence-electron chi connectivity index (χ2n) is 4.06. The fourth-order valence-corrected chi connectivity index (χ4v) is 1.76. The molecular formula is C12H12N4O. The molecule has 86 valence electrons. The summed E-state index contributed by atoms with van der Waals surface area (Å²) in [6.45, 7) is 2.01. The molecule has 0 spiro atoms. The van der Waals surface area contributed by atoms with Crippen molar-refractivity contribution >= 4 is 16.9 Å². The van der Waals surface area contributed by atoms with Gasteiger partial charge in [0.1, 0.15) is 11.3 Å². The maximum absolute atomic E-state index is 5.89. The molecule has 0 aliphatic carbocycles. The molecule has 0 aliphatic heterocycles. The van der Waals surface area contributed by atoms with Gasteiger partial charge in [0, 0.05) is 7.05 Å². The molecule has 1 aromatic carbocycles. The van der Waals surface area contributed by atoms with E-state index in [0.717, 1.165) is 22.2 Å². The monoisotopic (exact) mass is 228 g/mol. The summed E-state index contributed by atoms with van der Waals surface area (Å²) in [5, 5.41) is 4.07. The summed E-state index contributed by atoms with van der Waals surface area (Å²) in [7, 11) is 1.78. The van der Waals surface area contributed by atoms with Crippen molar-refractivity contribution in [1.29, 1.82) is 0 Å². The molecule has 0 fully saturated rings. The molecule has 3 rings (SSSR count). The highest BCUT2D eigenvalue weighted by molar-refractivity contribution is 5.78. The number of rotatable bonds is 1. The quantitative estimate of drug-likeness (QED) is 0.692. The molecule has 0 saturated heterocycles. The minimum absolute atomic E-state index is 0.510. The van der Waals surface area contributed by atoms with Gasteiger partial charge in [-0.2, -0.15) is 5.10 Å². The van der Waals surface area contributed by atoms with Crippen LogP contribution in [0.4, 0.5) is 5.82 Å². The number of nitrogens with two attached hydrogens (primary N) is 1. The molecule has 2 aromatic heterocycles. The molecule has 3 aromatic rings. The number of aryl methyl sites for hydroxylation is 2. The Labute approximate surface area is 97.9 Å². The Hall–Kier alpha value is -2.30. The number of aromatic nitrogens is 3. The van der Waals surface area contributed by atoms with Crippen molar-refractivity contribution in [2.75, 3.05) is 5.73 Å². The van der Waals surface area contributed by atoms with E-state index in [4.69, 9.17) is 10.2 Å². The summed E-state index contributed by atoms with van der Waals surface area (Å²) in [6, 6.07) is 5.89. The highest BCUT2D eigenvalue weighted by Crippen LogP contribution is 2.28. The Kier molecular flexibility index (Phi) is 1.95. The number of oxazole rings is 1. The molecule has 5 nitrogen and oxygen atoms in total. The summed E-state index contributed by atoms with van der Waals surface area (Å²) in [4.78, 5) is 4.40. The van der Waals surface area contributed by atoms with Crippen molar-refractivity contribution in [3.05, 3.63) is 30.0 Å². The highest BCUT2D eigenvalue weighted by Gasteiger charge is 2.14. The van der Waals surface area contributed by atoms with E-state index in [9.17, 15) is 0 Å². The predicted molar refractivity (Wildman–Crippen MR) is 65.4 cm³/mol. The fraction of sp³-hybridized carbons (Fsp3) is 0.167. The minimum Gasteiger partial charge on any atom is -0.436 e. The van der Waals surface area contributed by atoms with Crippen LogP contribution in [0.3, 0.4) is 0 Å². The van der Waals surface area contributed by atoms with Crippen LogP contribution in [-0.2, 0) is 7.05 Å². The van der Waals surface area contributed by atoms with E-state index in [1.54, 1.807) is 17.9 Å². The Morgan fingerprint density at radius 3 is 2.88 bits per heavy atom. The first-order valence-electron chi connectivity index (χ1n) is 5.30. The van der Waals surface area contributed by atoms with E-state index >= 15 is 0 Å². The molecular weight excluding hydrogens is 216 g/mol. The van der Waals surface area contributed by atoms with Crippen LogP contribution < -0.4 is 5.73 Å². The summed E-state index contributed by atoms with van der Waals surface area (Å²) in [6.07, 6.45) is 1.66. The first-order valence-corrected chi connectivity index (χ1v) is 5.30. The normalized spacial score (nSPS) is 11.2. The lowest BCUT2D eigenvalue weighted by atomic mass is 10.2. The summed E-state index contributed by atoms with van der Waals surface area (Å²) in [5.41, 5.74) is 9.34. The topological polar surface area (TPSA) is 69.9 Å². The van der Waals surface area contributed by atoms with Crippen LogP contribution in [0.1, 0.15) is 5.56 Å². The van der Waals surface area contributed by atoms with Crippen molar-refractivity contribution in [2.45, 2.75) is 6.92 Å². The molecule has 0 unspecified atom stereocenters. The summed E-state index contributed by atoms with van der Waals surface area (Å²) < 4.78 is 7.28. The van der Waals surface area contributed by atoms with Crippen LogP contribution in [-0.4, -0.2) is 14.8 Å². The highest BCUT2D eigenvalue weighted by atomic mass is 16.3. The Balaban J connectivity index is 2.21. The van der Waals surface area contributed by atoms with Crippen LogP contribution in [0.25, 0.3) is 22.6 Å². The average molecular weight is 228 g/mol. The van der Waals surface area contributed by atoms with Crippen molar-refractivity contribution in [1.82, 2.24) is 14.8 Å². The van der Waals surface area contributed by atoms with Gasteiger partial charge in [0.15, 0.2) is 5.58 Å². The van der Waals surface area contributed by atoms with Gasteiger partial charge < -0.3 is 10.2 Å². The zero-order chi connectivity index (χ0) is 12.0. The molecule has 0 radical (unpaired) electrons. The van der Waals surface area contributed by atoms with Gasteiger partial charge in [-0.3, -0.25) is 4.68 Å². The van der Waals surface area contributed by atoms with Gasteiger partial charge in [0.2, 0.25) is 5.89 Å². The second-order valence-corrected chi connectivity index (χ2v) is 4.06. The number of nitrogen functional groups attached to an aromatic ring is 1. The van der Waals surface area contributed by atoms with Gasteiger partial charge in [-0.05, 0) is 24.6 Å². The van der Waals surface area contributed by atoms with E-state index in [2.05, 4.69) is 10.1 Å². The van der Waals surface area contributed by atoms with Crippen molar-refractivity contribution in [3.8, 4) is 11.5 Å². The molecule has 0 aliphatic rings. The zero-order valence-electron chi connectivity index (χ0n) is 9.64. The first-order chi connectivity index (χ1) is 8.15. The van der Waals surface area contributed by atoms with Crippen molar-refractivity contribution in [3.63, 3.8) is 0 Å². The molecule has 0 atom stereocenters. The second kappa shape index (κ2) is 3.35. The SMILES string of the molecule is Cc1ccc2nc(-c3cnn(C)c3N)oc2c1. The summed E-state index contributed by atoms with van der Waals surface area (Å²) in [5.74, 6) is 1.06. The lowest BCUT2D eigenvalue weighted by molar-refractivity contribution is 0.620. The molecule has 0 bridgehead atoms. The van der Waals surface area contributed by atoms with Gasteiger partial charge in [-0.15, -0.1) is 0 Å². The molecule has 0 amide bonds. The molecule has 2 heterocycles. The fourth-order valence-electron chi connectivity index (χ4n) is 1.76. The van der Waals surface area contributed by atoms with E-state index in [0.29, 0.717) is 11.7 Å². The van der Waals surface area contributed by atoms with Crippen LogP contribution in [0.5, 0.6) is 0 Å². The number of nitrogens with zero attached hydrogens (tertiary/aromatic N) is 3. The first kappa shape index (κ1) is 9.89. The van der Waals surface area contributed by atoms with E-state index in [1.807, 2.05) is 25.1 Å². The molecule has 0 saturated carbocycles. The third-order valence-electron chi connectivity index (χ3n) is 2.76. The number of hydrogen-bond acceptors (Lipinski definition) is 4.